The highest BCUT2D eigenvalue weighted by Gasteiger charge is 2.26. The molecule has 0 spiro atoms. The minimum absolute atomic E-state index is 0.0851. The van der Waals surface area contributed by atoms with Gasteiger partial charge in [0, 0.05) is 26.7 Å². The van der Waals surface area contributed by atoms with E-state index in [0.29, 0.717) is 0 Å². The topological polar surface area (TPSA) is 40.1 Å². The summed E-state index contributed by atoms with van der Waals surface area (Å²) in [6, 6.07) is 8.16. The summed E-state index contributed by atoms with van der Waals surface area (Å²) in [5.41, 5.74) is 1.17. The molecule has 2 unspecified atom stereocenters. The van der Waals surface area contributed by atoms with Crippen LogP contribution in [0.5, 0.6) is 5.75 Å². The van der Waals surface area contributed by atoms with Gasteiger partial charge in [-0.15, -0.1) is 0 Å². The lowest BCUT2D eigenvalue weighted by atomic mass is 10.1. The molecule has 2 rings (SSSR count). The Morgan fingerprint density at radius 1 is 1.35 bits per heavy atom. The summed E-state index contributed by atoms with van der Waals surface area (Å²) in [4.78, 5) is 9.38. The van der Waals surface area contributed by atoms with E-state index in [1.807, 2.05) is 25.2 Å². The third kappa shape index (κ3) is 5.90. The molecule has 1 aliphatic rings. The maximum absolute atomic E-state index is 6.06. The van der Waals surface area contributed by atoms with Gasteiger partial charge in [-0.1, -0.05) is 32.0 Å². The molecule has 1 saturated heterocycles. The Labute approximate surface area is 159 Å². The van der Waals surface area contributed by atoms with Crippen molar-refractivity contribution in [3.63, 3.8) is 0 Å². The molecule has 0 amide bonds. The van der Waals surface area contributed by atoms with E-state index in [4.69, 9.17) is 4.74 Å². The predicted octanol–water partition coefficient (Wildman–Crippen LogP) is 3.00. The number of hydrogen-bond acceptors (Lipinski definition) is 3. The highest BCUT2D eigenvalue weighted by atomic mass is 16.5. The van der Waals surface area contributed by atoms with Gasteiger partial charge in [0.05, 0.1) is 6.54 Å². The van der Waals surface area contributed by atoms with E-state index in [1.54, 1.807) is 0 Å². The summed E-state index contributed by atoms with van der Waals surface area (Å²) in [7, 11) is 1.87. The smallest absolute Gasteiger partial charge is 0.193 e. The quantitative estimate of drug-likeness (QED) is 0.571. The highest BCUT2D eigenvalue weighted by molar-refractivity contribution is 5.80. The largest absolute Gasteiger partial charge is 0.489 e. The van der Waals surface area contributed by atoms with E-state index < -0.39 is 0 Å². The molecule has 0 aromatic heterocycles. The molecule has 26 heavy (non-hydrogen) atoms. The van der Waals surface area contributed by atoms with Gasteiger partial charge in [-0.2, -0.15) is 0 Å². The normalized spacial score (nSPS) is 19.1. The van der Waals surface area contributed by atoms with Gasteiger partial charge >= 0.3 is 0 Å². The lowest BCUT2D eigenvalue weighted by molar-refractivity contribution is 0.220. The molecule has 1 aromatic carbocycles. The number of benzene rings is 1. The molecule has 146 valence electrons. The minimum Gasteiger partial charge on any atom is -0.489 e. The number of nitrogens with zero attached hydrogens (tertiary/aromatic N) is 3. The van der Waals surface area contributed by atoms with E-state index in [-0.39, 0.29) is 6.10 Å². The number of ether oxygens (including phenoxy) is 1. The molecule has 1 fully saturated rings. The first-order chi connectivity index (χ1) is 12.6. The number of para-hydroxylation sites is 1. The van der Waals surface area contributed by atoms with Crippen LogP contribution in [0.1, 0.15) is 32.8 Å². The van der Waals surface area contributed by atoms with Crippen LogP contribution in [0.2, 0.25) is 0 Å². The van der Waals surface area contributed by atoms with E-state index in [9.17, 15) is 0 Å². The van der Waals surface area contributed by atoms with Crippen LogP contribution in [0.4, 0.5) is 0 Å². The van der Waals surface area contributed by atoms with Crippen LogP contribution in [0.25, 0.3) is 0 Å². The van der Waals surface area contributed by atoms with Crippen LogP contribution in [-0.4, -0.2) is 68.2 Å². The molecule has 1 aliphatic heterocycles. The van der Waals surface area contributed by atoms with E-state index in [0.717, 1.165) is 50.4 Å². The summed E-state index contributed by atoms with van der Waals surface area (Å²) in [5.74, 6) is 2.68. The molecule has 2 atom stereocenters. The van der Waals surface area contributed by atoms with Crippen LogP contribution >= 0.6 is 0 Å². The first-order valence-electron chi connectivity index (χ1n) is 9.97. The lowest BCUT2D eigenvalue weighted by Crippen LogP contribution is -2.44. The summed E-state index contributed by atoms with van der Waals surface area (Å²) < 4.78 is 6.06. The standard InChI is InChI=1S/C21H36N4O/c1-6-24(7-2)15-19-12-13-25(16-19)21(22-5)23-14-18(4)26-20-11-9-8-10-17(20)3/h8-11,18-19H,6-7,12-16H2,1-5H3,(H,22,23). The van der Waals surface area contributed by atoms with Crippen molar-refractivity contribution >= 4 is 5.96 Å². The third-order valence-corrected chi connectivity index (χ3v) is 5.18. The fourth-order valence-electron chi connectivity index (χ4n) is 3.54. The summed E-state index contributed by atoms with van der Waals surface area (Å²) >= 11 is 0. The molecule has 0 bridgehead atoms. The zero-order valence-electron chi connectivity index (χ0n) is 17.2. The Morgan fingerprint density at radius 3 is 2.73 bits per heavy atom. The number of aliphatic imine (C=N–C) groups is 1. The van der Waals surface area contributed by atoms with Crippen molar-refractivity contribution < 1.29 is 4.74 Å². The zero-order valence-corrected chi connectivity index (χ0v) is 17.2. The van der Waals surface area contributed by atoms with Gasteiger partial charge in [-0.05, 0) is 50.9 Å². The Bertz CT molecular complexity index is 571. The average Bonchev–Trinajstić information content (AvgIpc) is 3.10. The van der Waals surface area contributed by atoms with Crippen LogP contribution in [0.3, 0.4) is 0 Å². The van der Waals surface area contributed by atoms with E-state index in [2.05, 4.69) is 53.9 Å². The van der Waals surface area contributed by atoms with Crippen molar-refractivity contribution in [3.8, 4) is 5.75 Å². The molecule has 5 nitrogen and oxygen atoms in total. The maximum atomic E-state index is 6.06. The number of guanidine groups is 1. The molecule has 0 aliphatic carbocycles. The Morgan fingerprint density at radius 2 is 2.08 bits per heavy atom. The number of likely N-dealkylation sites (tertiary alicyclic amines) is 1. The Kier molecular flexibility index (Phi) is 8.23. The maximum Gasteiger partial charge on any atom is 0.193 e. The van der Waals surface area contributed by atoms with Crippen LogP contribution in [0, 0.1) is 12.8 Å². The van der Waals surface area contributed by atoms with Crippen LogP contribution < -0.4 is 10.1 Å². The van der Waals surface area contributed by atoms with Gasteiger partial charge in [0.25, 0.3) is 0 Å². The number of aryl methyl sites for hydroxylation is 1. The molecule has 0 radical (unpaired) electrons. The molecular formula is C21H36N4O. The average molecular weight is 361 g/mol. The summed E-state index contributed by atoms with van der Waals surface area (Å²) in [5, 5.41) is 3.49. The van der Waals surface area contributed by atoms with Crippen LogP contribution in [-0.2, 0) is 0 Å². The highest BCUT2D eigenvalue weighted by Crippen LogP contribution is 2.19. The first kappa shape index (κ1) is 20.6. The Balaban J connectivity index is 1.80. The fraction of sp³-hybridized carbons (Fsp3) is 0.667. The van der Waals surface area contributed by atoms with Gasteiger partial charge in [-0.25, -0.2) is 0 Å². The molecule has 1 N–H and O–H groups in total. The second kappa shape index (κ2) is 10.4. The molecule has 0 saturated carbocycles. The summed E-state index contributed by atoms with van der Waals surface area (Å²) in [6.45, 7) is 15.0. The van der Waals surface area contributed by atoms with Crippen LogP contribution in [0.15, 0.2) is 29.3 Å². The van der Waals surface area contributed by atoms with Gasteiger partial charge in [-0.3, -0.25) is 4.99 Å². The molecule has 1 aromatic rings. The SMILES string of the molecule is CCN(CC)CC1CCN(C(=NC)NCC(C)Oc2ccccc2C)C1. The monoisotopic (exact) mass is 360 g/mol. The van der Waals surface area contributed by atoms with Crippen molar-refractivity contribution in [2.24, 2.45) is 10.9 Å². The number of rotatable bonds is 8. The first-order valence-corrected chi connectivity index (χ1v) is 9.97. The number of nitrogens with one attached hydrogen (secondary N) is 1. The molecule has 1 heterocycles. The van der Waals surface area contributed by atoms with Gasteiger partial charge in [0.1, 0.15) is 11.9 Å². The van der Waals surface area contributed by atoms with Crippen molar-refractivity contribution in [2.45, 2.75) is 40.2 Å². The van der Waals surface area contributed by atoms with E-state index in [1.165, 1.54) is 18.5 Å². The molecular weight excluding hydrogens is 324 g/mol. The van der Waals surface area contributed by atoms with Crippen molar-refractivity contribution in [1.82, 2.24) is 15.1 Å². The van der Waals surface area contributed by atoms with Gasteiger partial charge < -0.3 is 19.9 Å². The summed E-state index contributed by atoms with van der Waals surface area (Å²) in [6.07, 6.45) is 1.33. The van der Waals surface area contributed by atoms with E-state index >= 15 is 0 Å². The Hall–Kier alpha value is -1.75. The third-order valence-electron chi connectivity index (χ3n) is 5.18. The number of hydrogen-bond donors (Lipinski definition) is 1. The van der Waals surface area contributed by atoms with Gasteiger partial charge in [0.2, 0.25) is 0 Å². The van der Waals surface area contributed by atoms with Crippen molar-refractivity contribution in [3.05, 3.63) is 29.8 Å². The second-order valence-corrected chi connectivity index (χ2v) is 7.21. The zero-order chi connectivity index (χ0) is 18.9. The minimum atomic E-state index is 0.0851. The fourth-order valence-corrected chi connectivity index (χ4v) is 3.54. The molecule has 5 heteroatoms. The lowest BCUT2D eigenvalue weighted by Gasteiger charge is -2.25. The predicted molar refractivity (Wildman–Crippen MR) is 110 cm³/mol. The second-order valence-electron chi connectivity index (χ2n) is 7.21. The van der Waals surface area contributed by atoms with Crippen molar-refractivity contribution in [1.29, 1.82) is 0 Å². The van der Waals surface area contributed by atoms with Crippen molar-refractivity contribution in [2.75, 3.05) is 46.3 Å². The van der Waals surface area contributed by atoms with Gasteiger partial charge in [0.15, 0.2) is 5.96 Å².